The quantitative estimate of drug-likeness (QED) is 0.780. The van der Waals surface area contributed by atoms with Crippen molar-refractivity contribution in [2.45, 2.75) is 6.42 Å². The molecule has 0 saturated carbocycles. The second-order valence-electron chi connectivity index (χ2n) is 3.11. The maximum Gasteiger partial charge on any atom is 0.307 e. The molecule has 0 amide bonds. The van der Waals surface area contributed by atoms with Gasteiger partial charge in [-0.25, -0.2) is 0 Å². The molecule has 70 valence electrons. The standard InChI is InChI=1S/C11H9NO2/c13-11(14)6-8-5-9-3-1-2-4-10(9)12-7-8/h1-5,7H,6H2,(H,13,14). The third-order valence-electron chi connectivity index (χ3n) is 2.00. The second kappa shape index (κ2) is 3.46. The highest BCUT2D eigenvalue weighted by atomic mass is 16.4. The van der Waals surface area contributed by atoms with Crippen molar-refractivity contribution >= 4 is 16.9 Å². The smallest absolute Gasteiger partial charge is 0.307 e. The van der Waals surface area contributed by atoms with E-state index < -0.39 is 5.97 Å². The first-order valence-corrected chi connectivity index (χ1v) is 4.31. The van der Waals surface area contributed by atoms with Crippen LogP contribution < -0.4 is 0 Å². The third kappa shape index (κ3) is 1.71. The van der Waals surface area contributed by atoms with Crippen LogP contribution in [0.15, 0.2) is 36.5 Å². The van der Waals surface area contributed by atoms with Crippen LogP contribution in [0.2, 0.25) is 0 Å². The van der Waals surface area contributed by atoms with Crippen molar-refractivity contribution in [1.29, 1.82) is 0 Å². The Morgan fingerprint density at radius 3 is 2.93 bits per heavy atom. The SMILES string of the molecule is O=C(O)Cc1cnc2ccccc2c1. The predicted molar refractivity (Wildman–Crippen MR) is 53.1 cm³/mol. The monoisotopic (exact) mass is 187 g/mol. The van der Waals surface area contributed by atoms with Crippen molar-refractivity contribution in [3.05, 3.63) is 42.1 Å². The fourth-order valence-corrected chi connectivity index (χ4v) is 1.39. The largest absolute Gasteiger partial charge is 0.481 e. The summed E-state index contributed by atoms with van der Waals surface area (Å²) < 4.78 is 0. The average molecular weight is 187 g/mol. The molecule has 1 heterocycles. The summed E-state index contributed by atoms with van der Waals surface area (Å²) in [5, 5.41) is 9.59. The Kier molecular flexibility index (Phi) is 2.14. The van der Waals surface area contributed by atoms with Gasteiger partial charge < -0.3 is 5.11 Å². The molecule has 2 aromatic rings. The number of para-hydroxylation sites is 1. The van der Waals surface area contributed by atoms with E-state index in [-0.39, 0.29) is 6.42 Å². The lowest BCUT2D eigenvalue weighted by molar-refractivity contribution is -0.136. The number of rotatable bonds is 2. The lowest BCUT2D eigenvalue weighted by atomic mass is 10.1. The van der Waals surface area contributed by atoms with Gasteiger partial charge in [-0.15, -0.1) is 0 Å². The number of nitrogens with zero attached hydrogens (tertiary/aromatic N) is 1. The summed E-state index contributed by atoms with van der Waals surface area (Å²) >= 11 is 0. The minimum atomic E-state index is -0.831. The molecule has 1 aromatic carbocycles. The Morgan fingerprint density at radius 1 is 1.36 bits per heavy atom. The lowest BCUT2D eigenvalue weighted by Crippen LogP contribution is -2.00. The molecule has 2 rings (SSSR count). The molecule has 0 aliphatic heterocycles. The van der Waals surface area contributed by atoms with Gasteiger partial charge in [0.25, 0.3) is 0 Å². The molecule has 3 heteroatoms. The minimum Gasteiger partial charge on any atom is -0.481 e. The summed E-state index contributed by atoms with van der Waals surface area (Å²) in [6.45, 7) is 0. The number of aromatic nitrogens is 1. The maximum atomic E-state index is 10.5. The Morgan fingerprint density at radius 2 is 2.14 bits per heavy atom. The lowest BCUT2D eigenvalue weighted by Gasteiger charge is -1.99. The fraction of sp³-hybridized carbons (Fsp3) is 0.0909. The van der Waals surface area contributed by atoms with E-state index in [2.05, 4.69) is 4.98 Å². The molecule has 0 atom stereocenters. The fourth-order valence-electron chi connectivity index (χ4n) is 1.39. The first kappa shape index (κ1) is 8.69. The summed E-state index contributed by atoms with van der Waals surface area (Å²) in [4.78, 5) is 14.6. The minimum absolute atomic E-state index is 0.0256. The Balaban J connectivity index is 2.46. The van der Waals surface area contributed by atoms with Gasteiger partial charge in [0, 0.05) is 11.6 Å². The number of aliphatic carboxylic acids is 1. The molecule has 0 aliphatic rings. The first-order valence-electron chi connectivity index (χ1n) is 4.31. The van der Waals surface area contributed by atoms with Crippen LogP contribution in [0.4, 0.5) is 0 Å². The number of hydrogen-bond acceptors (Lipinski definition) is 2. The van der Waals surface area contributed by atoms with Crippen molar-refractivity contribution < 1.29 is 9.90 Å². The van der Waals surface area contributed by atoms with Crippen LogP contribution in [0.5, 0.6) is 0 Å². The van der Waals surface area contributed by atoms with Gasteiger partial charge in [0.15, 0.2) is 0 Å². The van der Waals surface area contributed by atoms with Crippen molar-refractivity contribution in [2.24, 2.45) is 0 Å². The highest BCUT2D eigenvalue weighted by Gasteiger charge is 2.01. The number of carboxylic acid groups (broad SMARTS) is 1. The van der Waals surface area contributed by atoms with Crippen LogP contribution in [0, 0.1) is 0 Å². The zero-order chi connectivity index (χ0) is 9.97. The van der Waals surface area contributed by atoms with Crippen molar-refractivity contribution in [3.8, 4) is 0 Å². The van der Waals surface area contributed by atoms with E-state index in [4.69, 9.17) is 5.11 Å². The number of hydrogen-bond donors (Lipinski definition) is 1. The van der Waals surface area contributed by atoms with Crippen LogP contribution in [0.1, 0.15) is 5.56 Å². The molecule has 0 saturated heterocycles. The molecular weight excluding hydrogens is 178 g/mol. The van der Waals surface area contributed by atoms with E-state index in [0.29, 0.717) is 0 Å². The number of fused-ring (bicyclic) bond motifs is 1. The normalized spacial score (nSPS) is 10.3. The summed E-state index contributed by atoms with van der Waals surface area (Å²) in [7, 11) is 0. The summed E-state index contributed by atoms with van der Waals surface area (Å²) in [5.41, 5.74) is 1.62. The van der Waals surface area contributed by atoms with Gasteiger partial charge in [-0.1, -0.05) is 18.2 Å². The highest BCUT2D eigenvalue weighted by Crippen LogP contribution is 2.12. The third-order valence-corrected chi connectivity index (χ3v) is 2.00. The molecule has 0 unspecified atom stereocenters. The average Bonchev–Trinajstić information content (AvgIpc) is 2.17. The molecule has 1 N–H and O–H groups in total. The summed E-state index contributed by atoms with van der Waals surface area (Å²) in [5.74, 6) is -0.831. The number of benzene rings is 1. The molecule has 0 spiro atoms. The van der Waals surface area contributed by atoms with Gasteiger partial charge in [0.05, 0.1) is 11.9 Å². The zero-order valence-electron chi connectivity index (χ0n) is 7.47. The van der Waals surface area contributed by atoms with Crippen LogP contribution in [0.3, 0.4) is 0 Å². The van der Waals surface area contributed by atoms with Crippen LogP contribution in [0.25, 0.3) is 10.9 Å². The van der Waals surface area contributed by atoms with E-state index in [1.165, 1.54) is 0 Å². The summed E-state index contributed by atoms with van der Waals surface area (Å²) in [6.07, 6.45) is 1.63. The van der Waals surface area contributed by atoms with Gasteiger partial charge in [0.1, 0.15) is 0 Å². The van der Waals surface area contributed by atoms with Gasteiger partial charge in [-0.3, -0.25) is 9.78 Å². The van der Waals surface area contributed by atoms with Gasteiger partial charge in [-0.2, -0.15) is 0 Å². The molecule has 1 aromatic heterocycles. The van der Waals surface area contributed by atoms with E-state index in [9.17, 15) is 4.79 Å². The molecule has 0 aliphatic carbocycles. The number of carbonyl (C=O) groups is 1. The first-order chi connectivity index (χ1) is 6.75. The van der Waals surface area contributed by atoms with Crippen molar-refractivity contribution in [1.82, 2.24) is 4.98 Å². The Bertz CT molecular complexity index is 479. The molecular formula is C11H9NO2. The molecule has 0 fully saturated rings. The summed E-state index contributed by atoms with van der Waals surface area (Å²) in [6, 6.07) is 9.50. The topological polar surface area (TPSA) is 50.2 Å². The van der Waals surface area contributed by atoms with Gasteiger partial charge >= 0.3 is 5.97 Å². The molecule has 0 bridgehead atoms. The Labute approximate surface area is 81.0 Å². The van der Waals surface area contributed by atoms with Crippen molar-refractivity contribution in [3.63, 3.8) is 0 Å². The van der Waals surface area contributed by atoms with E-state index in [1.54, 1.807) is 6.20 Å². The maximum absolute atomic E-state index is 10.5. The Hall–Kier alpha value is -1.90. The molecule has 3 nitrogen and oxygen atoms in total. The second-order valence-corrected chi connectivity index (χ2v) is 3.11. The number of carboxylic acids is 1. The van der Waals surface area contributed by atoms with Gasteiger partial charge in [0.2, 0.25) is 0 Å². The van der Waals surface area contributed by atoms with Crippen LogP contribution in [-0.4, -0.2) is 16.1 Å². The van der Waals surface area contributed by atoms with Crippen LogP contribution >= 0.6 is 0 Å². The van der Waals surface area contributed by atoms with Crippen molar-refractivity contribution in [2.75, 3.05) is 0 Å². The predicted octanol–water partition coefficient (Wildman–Crippen LogP) is 1.86. The van der Waals surface area contributed by atoms with E-state index in [1.807, 2.05) is 30.3 Å². The zero-order valence-corrected chi connectivity index (χ0v) is 7.47. The number of pyridine rings is 1. The van der Waals surface area contributed by atoms with E-state index in [0.717, 1.165) is 16.5 Å². The van der Waals surface area contributed by atoms with Gasteiger partial charge in [-0.05, 0) is 17.7 Å². The molecule has 14 heavy (non-hydrogen) atoms. The highest BCUT2D eigenvalue weighted by molar-refractivity contribution is 5.80. The van der Waals surface area contributed by atoms with Crippen LogP contribution in [-0.2, 0) is 11.2 Å². The van der Waals surface area contributed by atoms with E-state index >= 15 is 0 Å². The molecule has 0 radical (unpaired) electrons.